The van der Waals surface area contributed by atoms with Crippen LogP contribution in [0.3, 0.4) is 0 Å². The molecule has 5 aromatic rings. The Morgan fingerprint density at radius 2 is 1.76 bits per heavy atom. The SMILES string of the molecule is CC(C)S(=O)(=O)c1ccc(-c2cnc(N)c(-c3cc(-c4ccc5[nH]nnc5c4)no3)n2)cc1. The molecule has 0 spiro atoms. The van der Waals surface area contributed by atoms with Gasteiger partial charge >= 0.3 is 0 Å². The van der Waals surface area contributed by atoms with Crippen molar-refractivity contribution in [1.82, 2.24) is 30.5 Å². The maximum absolute atomic E-state index is 12.4. The van der Waals surface area contributed by atoms with Crippen molar-refractivity contribution in [3.63, 3.8) is 0 Å². The summed E-state index contributed by atoms with van der Waals surface area (Å²) in [6.07, 6.45) is 1.53. The van der Waals surface area contributed by atoms with Crippen LogP contribution in [0.1, 0.15) is 13.8 Å². The monoisotopic (exact) mass is 461 g/mol. The minimum Gasteiger partial charge on any atom is -0.382 e. The van der Waals surface area contributed by atoms with Crippen LogP contribution >= 0.6 is 0 Å². The van der Waals surface area contributed by atoms with Gasteiger partial charge in [-0.1, -0.05) is 28.6 Å². The molecule has 0 amide bonds. The molecule has 0 atom stereocenters. The Morgan fingerprint density at radius 1 is 1.00 bits per heavy atom. The molecule has 0 saturated carbocycles. The maximum atomic E-state index is 12.4. The number of hydrogen-bond acceptors (Lipinski definition) is 9. The summed E-state index contributed by atoms with van der Waals surface area (Å²) >= 11 is 0. The lowest BCUT2D eigenvalue weighted by Gasteiger charge is -2.09. The van der Waals surface area contributed by atoms with Crippen molar-refractivity contribution in [1.29, 1.82) is 0 Å². The van der Waals surface area contributed by atoms with Crippen LogP contribution in [0.4, 0.5) is 5.82 Å². The van der Waals surface area contributed by atoms with E-state index in [0.29, 0.717) is 33.9 Å². The Hall–Kier alpha value is -4.12. The Kier molecular flexibility index (Phi) is 4.90. The average Bonchev–Trinajstić information content (AvgIpc) is 3.48. The molecule has 0 fully saturated rings. The number of anilines is 1. The van der Waals surface area contributed by atoms with Gasteiger partial charge in [0.25, 0.3) is 0 Å². The molecule has 10 nitrogen and oxygen atoms in total. The number of nitrogens with zero attached hydrogens (tertiary/aromatic N) is 5. The summed E-state index contributed by atoms with van der Waals surface area (Å²) in [5.74, 6) is 0.545. The number of nitrogen functional groups attached to an aromatic ring is 1. The maximum Gasteiger partial charge on any atom is 0.189 e. The van der Waals surface area contributed by atoms with Crippen LogP contribution < -0.4 is 5.73 Å². The predicted octanol–water partition coefficient (Wildman–Crippen LogP) is 3.50. The van der Waals surface area contributed by atoms with Gasteiger partial charge in [0, 0.05) is 17.2 Å². The molecular formula is C22H19N7O3S. The smallest absolute Gasteiger partial charge is 0.189 e. The Bertz CT molecular complexity index is 1570. The number of aromatic nitrogens is 6. The van der Waals surface area contributed by atoms with E-state index >= 15 is 0 Å². The van der Waals surface area contributed by atoms with E-state index in [0.717, 1.165) is 11.1 Å². The van der Waals surface area contributed by atoms with Crippen LogP contribution in [-0.2, 0) is 9.84 Å². The van der Waals surface area contributed by atoms with Crippen molar-refractivity contribution >= 4 is 26.7 Å². The zero-order chi connectivity index (χ0) is 23.2. The second-order valence-electron chi connectivity index (χ2n) is 7.73. The third-order valence-electron chi connectivity index (χ3n) is 5.27. The standard InChI is InChI=1S/C22H19N7O3S/c1-12(2)33(30,31)15-6-3-13(4-7-15)19-11-24-22(23)21(25-19)20-10-17(28-32-20)14-5-8-16-18(9-14)27-29-26-16/h3-12H,1-2H3,(H2,23,24)(H,26,27,29). The fraction of sp³-hybridized carbons (Fsp3) is 0.136. The van der Waals surface area contributed by atoms with Crippen molar-refractivity contribution in [3.8, 4) is 34.0 Å². The van der Waals surface area contributed by atoms with Gasteiger partial charge in [-0.2, -0.15) is 0 Å². The number of nitrogens with one attached hydrogen (secondary N) is 1. The van der Waals surface area contributed by atoms with Crippen LogP contribution in [0.2, 0.25) is 0 Å². The van der Waals surface area contributed by atoms with Gasteiger partial charge in [0.1, 0.15) is 11.2 Å². The highest BCUT2D eigenvalue weighted by molar-refractivity contribution is 7.92. The number of rotatable bonds is 5. The largest absolute Gasteiger partial charge is 0.382 e. The van der Waals surface area contributed by atoms with Gasteiger partial charge < -0.3 is 10.3 Å². The fourth-order valence-electron chi connectivity index (χ4n) is 3.33. The third-order valence-corrected chi connectivity index (χ3v) is 7.44. The van der Waals surface area contributed by atoms with Gasteiger partial charge in [0.2, 0.25) is 0 Å². The molecule has 0 saturated heterocycles. The number of sulfone groups is 1. The summed E-state index contributed by atoms with van der Waals surface area (Å²) in [5.41, 5.74) is 10.5. The molecule has 2 aromatic carbocycles. The first-order chi connectivity index (χ1) is 15.8. The molecule has 0 aliphatic rings. The second kappa shape index (κ2) is 7.78. The van der Waals surface area contributed by atoms with E-state index in [9.17, 15) is 8.42 Å². The van der Waals surface area contributed by atoms with Gasteiger partial charge in [-0.25, -0.2) is 18.4 Å². The van der Waals surface area contributed by atoms with Crippen molar-refractivity contribution in [2.75, 3.05) is 5.73 Å². The Morgan fingerprint density at radius 3 is 2.52 bits per heavy atom. The molecule has 166 valence electrons. The fourth-order valence-corrected chi connectivity index (χ4v) is 4.39. The van der Waals surface area contributed by atoms with Crippen LogP contribution in [0.15, 0.2) is 64.1 Å². The van der Waals surface area contributed by atoms with Gasteiger partial charge in [0.05, 0.1) is 27.6 Å². The molecule has 0 unspecified atom stereocenters. The van der Waals surface area contributed by atoms with Crippen molar-refractivity contribution in [3.05, 3.63) is 54.7 Å². The number of benzene rings is 2. The summed E-state index contributed by atoms with van der Waals surface area (Å²) in [5, 5.41) is 14.2. The molecule has 33 heavy (non-hydrogen) atoms. The van der Waals surface area contributed by atoms with E-state index in [4.69, 9.17) is 10.3 Å². The first-order valence-electron chi connectivity index (χ1n) is 10.1. The Labute approximate surface area is 188 Å². The molecule has 3 aromatic heterocycles. The van der Waals surface area contributed by atoms with Gasteiger partial charge in [-0.05, 0) is 38.1 Å². The lowest BCUT2D eigenvalue weighted by Crippen LogP contribution is -2.13. The van der Waals surface area contributed by atoms with Gasteiger partial charge in [0.15, 0.2) is 27.1 Å². The molecule has 0 aliphatic carbocycles. The first kappa shape index (κ1) is 20.8. The first-order valence-corrected chi connectivity index (χ1v) is 11.6. The number of hydrogen-bond donors (Lipinski definition) is 2. The zero-order valence-electron chi connectivity index (χ0n) is 17.7. The third kappa shape index (κ3) is 3.72. The highest BCUT2D eigenvalue weighted by Crippen LogP contribution is 2.30. The van der Waals surface area contributed by atoms with Crippen LogP contribution in [0.5, 0.6) is 0 Å². The summed E-state index contributed by atoms with van der Waals surface area (Å²) in [7, 11) is -3.36. The minimum atomic E-state index is -3.36. The second-order valence-corrected chi connectivity index (χ2v) is 10.2. The van der Waals surface area contributed by atoms with Crippen molar-refractivity contribution in [2.24, 2.45) is 0 Å². The number of nitrogens with two attached hydrogens (primary N) is 1. The summed E-state index contributed by atoms with van der Waals surface area (Å²) < 4.78 is 30.2. The molecule has 3 heterocycles. The van der Waals surface area contributed by atoms with E-state index in [1.54, 1.807) is 44.2 Å². The molecule has 3 N–H and O–H groups in total. The predicted molar refractivity (Wildman–Crippen MR) is 123 cm³/mol. The van der Waals surface area contributed by atoms with E-state index in [2.05, 4.69) is 30.5 Å². The zero-order valence-corrected chi connectivity index (χ0v) is 18.5. The quantitative estimate of drug-likeness (QED) is 0.400. The lowest BCUT2D eigenvalue weighted by molar-refractivity contribution is 0.434. The van der Waals surface area contributed by atoms with E-state index < -0.39 is 15.1 Å². The van der Waals surface area contributed by atoms with E-state index in [1.807, 2.05) is 18.2 Å². The van der Waals surface area contributed by atoms with E-state index in [1.165, 1.54) is 6.20 Å². The van der Waals surface area contributed by atoms with Crippen molar-refractivity contribution in [2.45, 2.75) is 24.0 Å². The van der Waals surface area contributed by atoms with Gasteiger partial charge in [-0.3, -0.25) is 5.10 Å². The summed E-state index contributed by atoms with van der Waals surface area (Å²) in [6, 6.07) is 13.8. The summed E-state index contributed by atoms with van der Waals surface area (Å²) in [6.45, 7) is 3.30. The molecule has 0 radical (unpaired) electrons. The number of fused-ring (bicyclic) bond motifs is 1. The lowest BCUT2D eigenvalue weighted by atomic mass is 10.1. The van der Waals surface area contributed by atoms with Crippen LogP contribution in [-0.4, -0.2) is 44.2 Å². The minimum absolute atomic E-state index is 0.187. The number of H-pyrrole nitrogens is 1. The van der Waals surface area contributed by atoms with E-state index in [-0.39, 0.29) is 10.7 Å². The topological polar surface area (TPSA) is 154 Å². The summed E-state index contributed by atoms with van der Waals surface area (Å²) in [4.78, 5) is 9.08. The van der Waals surface area contributed by atoms with Crippen LogP contribution in [0, 0.1) is 0 Å². The Balaban J connectivity index is 1.48. The number of aromatic amines is 1. The highest BCUT2D eigenvalue weighted by atomic mass is 32.2. The van der Waals surface area contributed by atoms with Crippen molar-refractivity contribution < 1.29 is 12.9 Å². The highest BCUT2D eigenvalue weighted by Gasteiger charge is 2.20. The molecule has 0 bridgehead atoms. The molecule has 11 heteroatoms. The molecular weight excluding hydrogens is 442 g/mol. The average molecular weight is 462 g/mol. The molecule has 0 aliphatic heterocycles. The van der Waals surface area contributed by atoms with Gasteiger partial charge in [-0.15, -0.1) is 5.10 Å². The molecule has 5 rings (SSSR count). The van der Waals surface area contributed by atoms with Crippen LogP contribution in [0.25, 0.3) is 45.0 Å². The normalized spacial score (nSPS) is 12.0.